The zero-order chi connectivity index (χ0) is 10.8. The molecule has 0 rings (SSSR count). The van der Waals surface area contributed by atoms with Crippen LogP contribution >= 0.6 is 11.6 Å². The van der Waals surface area contributed by atoms with Gasteiger partial charge in [0.15, 0.2) is 0 Å². The Morgan fingerprint density at radius 2 is 2.07 bits per heavy atom. The standard InChI is InChI=1S/C9H18ClF2NO/c1-2-14-7-3-5-13(6-4-10)8-9(11)12/h9H,2-8H2,1H3. The normalized spacial score (nSPS) is 11.6. The fourth-order valence-electron chi connectivity index (χ4n) is 1.14. The number of rotatable bonds is 9. The molecule has 0 amide bonds. The fourth-order valence-corrected chi connectivity index (χ4v) is 1.38. The van der Waals surface area contributed by atoms with Gasteiger partial charge < -0.3 is 4.74 Å². The molecule has 0 spiro atoms. The van der Waals surface area contributed by atoms with Gasteiger partial charge in [-0.25, -0.2) is 8.78 Å². The van der Waals surface area contributed by atoms with Gasteiger partial charge in [-0.2, -0.15) is 0 Å². The molecule has 0 unspecified atom stereocenters. The SMILES string of the molecule is CCOCCCN(CCCl)CC(F)F. The summed E-state index contributed by atoms with van der Waals surface area (Å²) in [5.74, 6) is 0.390. The van der Waals surface area contributed by atoms with Gasteiger partial charge >= 0.3 is 0 Å². The lowest BCUT2D eigenvalue weighted by molar-refractivity contribution is 0.0808. The van der Waals surface area contributed by atoms with Crippen LogP contribution in [0.2, 0.25) is 0 Å². The average molecular weight is 230 g/mol. The topological polar surface area (TPSA) is 12.5 Å². The molecule has 0 saturated heterocycles. The lowest BCUT2D eigenvalue weighted by Gasteiger charge is -2.20. The molecule has 0 atom stereocenters. The summed E-state index contributed by atoms with van der Waals surface area (Å²) in [5.41, 5.74) is 0. The molecular formula is C9H18ClF2NO. The van der Waals surface area contributed by atoms with E-state index in [1.54, 1.807) is 4.90 Å². The van der Waals surface area contributed by atoms with Crippen molar-refractivity contribution in [2.24, 2.45) is 0 Å². The summed E-state index contributed by atoms with van der Waals surface area (Å²) < 4.78 is 29.3. The van der Waals surface area contributed by atoms with Crippen LogP contribution in [0.1, 0.15) is 13.3 Å². The Morgan fingerprint density at radius 1 is 1.36 bits per heavy atom. The van der Waals surface area contributed by atoms with Gasteiger partial charge in [-0.3, -0.25) is 4.90 Å². The van der Waals surface area contributed by atoms with Crippen LogP contribution in [-0.2, 0) is 4.74 Å². The van der Waals surface area contributed by atoms with Crippen LogP contribution in [0.4, 0.5) is 8.78 Å². The average Bonchev–Trinajstić information content (AvgIpc) is 2.12. The molecule has 5 heteroatoms. The molecule has 2 nitrogen and oxygen atoms in total. The van der Waals surface area contributed by atoms with Crippen LogP contribution in [0.3, 0.4) is 0 Å². The Balaban J connectivity index is 3.51. The number of hydrogen-bond acceptors (Lipinski definition) is 2. The van der Waals surface area contributed by atoms with Crippen molar-refractivity contribution in [3.8, 4) is 0 Å². The van der Waals surface area contributed by atoms with Gasteiger partial charge in [-0.15, -0.1) is 11.6 Å². The van der Waals surface area contributed by atoms with Crippen molar-refractivity contribution in [1.29, 1.82) is 0 Å². The molecule has 0 radical (unpaired) electrons. The molecule has 0 aliphatic heterocycles. The van der Waals surface area contributed by atoms with Crippen molar-refractivity contribution in [2.75, 3.05) is 38.7 Å². The first kappa shape index (κ1) is 14.1. The summed E-state index contributed by atoms with van der Waals surface area (Å²) in [7, 11) is 0. The maximum absolute atomic E-state index is 12.1. The van der Waals surface area contributed by atoms with Crippen molar-refractivity contribution in [2.45, 2.75) is 19.8 Å². The minimum atomic E-state index is -2.29. The molecule has 14 heavy (non-hydrogen) atoms. The predicted octanol–water partition coefficient (Wildman–Crippen LogP) is 2.22. The van der Waals surface area contributed by atoms with E-state index < -0.39 is 6.43 Å². The van der Waals surface area contributed by atoms with Gasteiger partial charge in [0, 0.05) is 32.2 Å². The van der Waals surface area contributed by atoms with E-state index in [2.05, 4.69) is 0 Å². The zero-order valence-corrected chi connectivity index (χ0v) is 9.27. The van der Waals surface area contributed by atoms with E-state index in [4.69, 9.17) is 16.3 Å². The smallest absolute Gasteiger partial charge is 0.251 e. The van der Waals surface area contributed by atoms with Gasteiger partial charge in [0.05, 0.1) is 6.54 Å². The number of ether oxygens (including phenoxy) is 1. The minimum absolute atomic E-state index is 0.196. The largest absolute Gasteiger partial charge is 0.382 e. The van der Waals surface area contributed by atoms with Crippen LogP contribution in [0.25, 0.3) is 0 Å². The van der Waals surface area contributed by atoms with E-state index in [0.717, 1.165) is 6.42 Å². The van der Waals surface area contributed by atoms with Crippen molar-refractivity contribution in [3.63, 3.8) is 0 Å². The Hall–Kier alpha value is 0.0700. The zero-order valence-electron chi connectivity index (χ0n) is 8.52. The lowest BCUT2D eigenvalue weighted by atomic mass is 10.4. The fraction of sp³-hybridized carbons (Fsp3) is 1.00. The van der Waals surface area contributed by atoms with Gasteiger partial charge in [-0.1, -0.05) is 0 Å². The maximum Gasteiger partial charge on any atom is 0.251 e. The van der Waals surface area contributed by atoms with Crippen LogP contribution in [0.5, 0.6) is 0 Å². The minimum Gasteiger partial charge on any atom is -0.382 e. The van der Waals surface area contributed by atoms with E-state index in [9.17, 15) is 8.78 Å². The second kappa shape index (κ2) is 9.62. The summed E-state index contributed by atoms with van der Waals surface area (Å²) in [4.78, 5) is 1.66. The molecule has 0 aromatic rings. The molecule has 0 fully saturated rings. The van der Waals surface area contributed by atoms with E-state index >= 15 is 0 Å². The third kappa shape index (κ3) is 8.66. The quantitative estimate of drug-likeness (QED) is 0.444. The molecule has 0 aliphatic carbocycles. The first-order valence-electron chi connectivity index (χ1n) is 4.85. The number of halogens is 3. The maximum atomic E-state index is 12.1. The number of nitrogens with zero attached hydrogens (tertiary/aromatic N) is 1. The lowest BCUT2D eigenvalue weighted by Crippen LogP contribution is -2.32. The van der Waals surface area contributed by atoms with Crippen molar-refractivity contribution < 1.29 is 13.5 Å². The molecule has 0 saturated carbocycles. The third-order valence-corrected chi connectivity index (χ3v) is 1.93. The predicted molar refractivity (Wildman–Crippen MR) is 54.3 cm³/mol. The summed E-state index contributed by atoms with van der Waals surface area (Å²) >= 11 is 5.50. The molecule has 0 N–H and O–H groups in total. The number of hydrogen-bond donors (Lipinski definition) is 0. The second-order valence-corrected chi connectivity index (χ2v) is 3.31. The molecule has 0 bridgehead atoms. The number of alkyl halides is 3. The van der Waals surface area contributed by atoms with Crippen molar-refractivity contribution in [3.05, 3.63) is 0 Å². The van der Waals surface area contributed by atoms with E-state index in [-0.39, 0.29) is 6.54 Å². The van der Waals surface area contributed by atoms with Gasteiger partial charge in [0.2, 0.25) is 0 Å². The summed E-state index contributed by atoms with van der Waals surface area (Å²) in [6.45, 7) is 4.15. The Labute approximate surface area is 89.2 Å². The van der Waals surface area contributed by atoms with Crippen LogP contribution < -0.4 is 0 Å². The molecule has 86 valence electrons. The van der Waals surface area contributed by atoms with E-state index in [1.165, 1.54) is 0 Å². The van der Waals surface area contributed by atoms with Crippen LogP contribution in [-0.4, -0.2) is 50.1 Å². The van der Waals surface area contributed by atoms with E-state index in [0.29, 0.717) is 32.2 Å². The van der Waals surface area contributed by atoms with Crippen LogP contribution in [0.15, 0.2) is 0 Å². The molecule has 0 aliphatic rings. The highest BCUT2D eigenvalue weighted by molar-refractivity contribution is 6.18. The molecule has 0 aromatic heterocycles. The highest BCUT2D eigenvalue weighted by atomic mass is 35.5. The molecule has 0 aromatic carbocycles. The van der Waals surface area contributed by atoms with Crippen molar-refractivity contribution >= 4 is 11.6 Å². The van der Waals surface area contributed by atoms with E-state index in [1.807, 2.05) is 6.92 Å². The van der Waals surface area contributed by atoms with Gasteiger partial charge in [0.1, 0.15) is 0 Å². The van der Waals surface area contributed by atoms with Crippen molar-refractivity contribution in [1.82, 2.24) is 4.90 Å². The molecule has 0 heterocycles. The van der Waals surface area contributed by atoms with Gasteiger partial charge in [0.25, 0.3) is 6.43 Å². The summed E-state index contributed by atoms with van der Waals surface area (Å²) in [6.07, 6.45) is -1.51. The highest BCUT2D eigenvalue weighted by Gasteiger charge is 2.10. The Bertz CT molecular complexity index is 127. The first-order chi connectivity index (χ1) is 6.70. The second-order valence-electron chi connectivity index (χ2n) is 2.93. The Kier molecular flexibility index (Phi) is 9.67. The third-order valence-electron chi connectivity index (χ3n) is 1.76. The molecular weight excluding hydrogens is 212 g/mol. The Morgan fingerprint density at radius 3 is 2.57 bits per heavy atom. The van der Waals surface area contributed by atoms with Crippen LogP contribution in [0, 0.1) is 0 Å². The monoisotopic (exact) mass is 229 g/mol. The first-order valence-corrected chi connectivity index (χ1v) is 5.38. The highest BCUT2D eigenvalue weighted by Crippen LogP contribution is 2.00. The summed E-state index contributed by atoms with van der Waals surface area (Å²) in [5, 5.41) is 0. The van der Waals surface area contributed by atoms with Gasteiger partial charge in [-0.05, 0) is 13.3 Å². The summed E-state index contributed by atoms with van der Waals surface area (Å²) in [6, 6.07) is 0.